The molecule has 2 rings (SSSR count). The molecule has 0 saturated carbocycles. The third kappa shape index (κ3) is 3.08. The summed E-state index contributed by atoms with van der Waals surface area (Å²) in [5, 5.41) is 19.6. The Labute approximate surface area is 112 Å². The van der Waals surface area contributed by atoms with E-state index in [0.717, 1.165) is 0 Å². The maximum Gasteiger partial charge on any atom is 0.354 e. The molecular formula is C12H8N2O4S. The second-order valence-electron chi connectivity index (χ2n) is 3.51. The molecule has 19 heavy (non-hydrogen) atoms. The molecule has 7 heteroatoms. The number of benzene rings is 1. The molecule has 1 aromatic heterocycles. The van der Waals surface area contributed by atoms with E-state index in [0.29, 0.717) is 9.79 Å². The summed E-state index contributed by atoms with van der Waals surface area (Å²) in [6.45, 7) is 0. The van der Waals surface area contributed by atoms with Gasteiger partial charge in [0, 0.05) is 17.2 Å². The predicted octanol–water partition coefficient (Wildman–Crippen LogP) is 2.84. The molecule has 0 radical (unpaired) electrons. The Hall–Kier alpha value is -2.41. The molecule has 0 saturated heterocycles. The Bertz CT molecular complexity index is 628. The summed E-state index contributed by atoms with van der Waals surface area (Å²) in [6.07, 6.45) is 1.38. The second kappa shape index (κ2) is 5.49. The molecule has 96 valence electrons. The number of carboxylic acids is 1. The Morgan fingerprint density at radius 1 is 1.26 bits per heavy atom. The molecule has 1 N–H and O–H groups in total. The van der Waals surface area contributed by atoms with Crippen molar-refractivity contribution in [2.24, 2.45) is 0 Å². The van der Waals surface area contributed by atoms with Gasteiger partial charge in [0.1, 0.15) is 5.69 Å². The van der Waals surface area contributed by atoms with Gasteiger partial charge in [-0.15, -0.1) is 0 Å². The summed E-state index contributed by atoms with van der Waals surface area (Å²) in [5.41, 5.74) is -0.0540. The number of hydrogen-bond donors (Lipinski definition) is 1. The van der Waals surface area contributed by atoms with Gasteiger partial charge in [-0.2, -0.15) is 0 Å². The van der Waals surface area contributed by atoms with Crippen molar-refractivity contribution in [3.05, 3.63) is 58.4 Å². The quantitative estimate of drug-likeness (QED) is 0.681. The van der Waals surface area contributed by atoms with Gasteiger partial charge in [0.05, 0.1) is 9.82 Å². The van der Waals surface area contributed by atoms with Crippen LogP contribution < -0.4 is 0 Å². The van der Waals surface area contributed by atoms with Crippen LogP contribution in [0.4, 0.5) is 5.69 Å². The van der Waals surface area contributed by atoms with Crippen molar-refractivity contribution < 1.29 is 14.8 Å². The van der Waals surface area contributed by atoms with E-state index in [-0.39, 0.29) is 11.4 Å². The van der Waals surface area contributed by atoms with Crippen molar-refractivity contribution in [3.8, 4) is 0 Å². The number of aromatic nitrogens is 1. The van der Waals surface area contributed by atoms with Crippen LogP contribution in [-0.2, 0) is 0 Å². The molecular weight excluding hydrogens is 268 g/mol. The lowest BCUT2D eigenvalue weighted by Crippen LogP contribution is -1.98. The first-order chi connectivity index (χ1) is 9.08. The van der Waals surface area contributed by atoms with E-state index >= 15 is 0 Å². The van der Waals surface area contributed by atoms with Gasteiger partial charge >= 0.3 is 5.97 Å². The highest BCUT2D eigenvalue weighted by Gasteiger charge is 2.14. The van der Waals surface area contributed by atoms with Crippen LogP contribution in [-0.4, -0.2) is 21.0 Å². The summed E-state index contributed by atoms with van der Waals surface area (Å²) < 4.78 is 0. The van der Waals surface area contributed by atoms with Gasteiger partial charge in [0.15, 0.2) is 0 Å². The zero-order chi connectivity index (χ0) is 13.8. The molecule has 0 bridgehead atoms. The first-order valence-electron chi connectivity index (χ1n) is 5.18. The van der Waals surface area contributed by atoms with E-state index in [1.54, 1.807) is 24.3 Å². The molecule has 1 aromatic carbocycles. The highest BCUT2D eigenvalue weighted by atomic mass is 32.2. The molecule has 0 aliphatic heterocycles. The number of para-hydroxylation sites is 1. The number of rotatable bonds is 4. The lowest BCUT2D eigenvalue weighted by atomic mass is 10.3. The van der Waals surface area contributed by atoms with E-state index in [1.165, 1.54) is 30.1 Å². The lowest BCUT2D eigenvalue weighted by molar-refractivity contribution is -0.387. The third-order valence-corrected chi connectivity index (χ3v) is 3.29. The largest absolute Gasteiger partial charge is 0.477 e. The monoisotopic (exact) mass is 276 g/mol. The van der Waals surface area contributed by atoms with E-state index < -0.39 is 10.9 Å². The molecule has 0 fully saturated rings. The molecule has 0 spiro atoms. The minimum absolute atomic E-state index is 0.00908. The minimum Gasteiger partial charge on any atom is -0.477 e. The van der Waals surface area contributed by atoms with Crippen LogP contribution in [0.15, 0.2) is 52.4 Å². The van der Waals surface area contributed by atoms with E-state index in [1.807, 2.05) is 0 Å². The molecule has 0 unspecified atom stereocenters. The maximum absolute atomic E-state index is 10.9. The van der Waals surface area contributed by atoms with Crippen LogP contribution in [0, 0.1) is 10.1 Å². The molecule has 6 nitrogen and oxygen atoms in total. The van der Waals surface area contributed by atoms with E-state index in [9.17, 15) is 14.9 Å². The molecule has 0 amide bonds. The van der Waals surface area contributed by atoms with Crippen LogP contribution in [0.5, 0.6) is 0 Å². The number of carbonyl (C=O) groups is 1. The third-order valence-electron chi connectivity index (χ3n) is 2.25. The Balaban J connectivity index is 2.26. The normalized spacial score (nSPS) is 10.1. The molecule has 0 aliphatic rings. The van der Waals surface area contributed by atoms with E-state index in [4.69, 9.17) is 5.11 Å². The van der Waals surface area contributed by atoms with Crippen molar-refractivity contribution in [1.29, 1.82) is 0 Å². The average Bonchev–Trinajstić information content (AvgIpc) is 2.39. The summed E-state index contributed by atoms with van der Waals surface area (Å²) in [7, 11) is 0. The lowest BCUT2D eigenvalue weighted by Gasteiger charge is -2.02. The van der Waals surface area contributed by atoms with Crippen molar-refractivity contribution >= 4 is 23.4 Å². The standard InChI is InChI=1S/C12H8N2O4S/c15-12(16)9-6-5-8(7-13-9)19-11-4-2-1-3-10(11)14(17)18/h1-7H,(H,15,16). The van der Waals surface area contributed by atoms with Crippen LogP contribution in [0.1, 0.15) is 10.5 Å². The Morgan fingerprint density at radius 3 is 2.58 bits per heavy atom. The maximum atomic E-state index is 10.9. The average molecular weight is 276 g/mol. The fraction of sp³-hybridized carbons (Fsp3) is 0. The van der Waals surface area contributed by atoms with Gasteiger partial charge in [-0.1, -0.05) is 23.9 Å². The molecule has 0 aliphatic carbocycles. The predicted molar refractivity (Wildman–Crippen MR) is 68.4 cm³/mol. The summed E-state index contributed by atoms with van der Waals surface area (Å²) in [6, 6.07) is 9.27. The van der Waals surface area contributed by atoms with Gasteiger partial charge in [-0.3, -0.25) is 10.1 Å². The summed E-state index contributed by atoms with van der Waals surface area (Å²) >= 11 is 1.17. The van der Waals surface area contributed by atoms with Crippen molar-refractivity contribution in [3.63, 3.8) is 0 Å². The molecule has 2 aromatic rings. The number of nitro groups is 1. The first-order valence-corrected chi connectivity index (χ1v) is 6.00. The van der Waals surface area contributed by atoms with Crippen molar-refractivity contribution in [2.75, 3.05) is 0 Å². The Morgan fingerprint density at radius 2 is 2.00 bits per heavy atom. The SMILES string of the molecule is O=C(O)c1ccc(Sc2ccccc2[N+](=O)[O-])cn1. The van der Waals surface area contributed by atoms with Gasteiger partial charge in [0.25, 0.3) is 5.69 Å². The molecule has 0 atom stereocenters. The van der Waals surface area contributed by atoms with Gasteiger partial charge in [-0.25, -0.2) is 9.78 Å². The summed E-state index contributed by atoms with van der Waals surface area (Å²) in [5.74, 6) is -1.11. The number of pyridine rings is 1. The van der Waals surface area contributed by atoms with Gasteiger partial charge < -0.3 is 5.11 Å². The first kappa shape index (κ1) is 13.0. The van der Waals surface area contributed by atoms with E-state index in [2.05, 4.69) is 4.98 Å². The molecule has 1 heterocycles. The van der Waals surface area contributed by atoms with Crippen LogP contribution >= 0.6 is 11.8 Å². The fourth-order valence-electron chi connectivity index (χ4n) is 1.39. The van der Waals surface area contributed by atoms with Gasteiger partial charge in [-0.05, 0) is 18.2 Å². The van der Waals surface area contributed by atoms with Crippen molar-refractivity contribution in [2.45, 2.75) is 9.79 Å². The highest BCUT2D eigenvalue weighted by molar-refractivity contribution is 7.99. The smallest absolute Gasteiger partial charge is 0.354 e. The zero-order valence-electron chi connectivity index (χ0n) is 9.52. The summed E-state index contributed by atoms with van der Waals surface area (Å²) in [4.78, 5) is 25.9. The highest BCUT2D eigenvalue weighted by Crippen LogP contribution is 2.33. The fourth-order valence-corrected chi connectivity index (χ4v) is 2.28. The Kier molecular flexibility index (Phi) is 3.76. The number of carboxylic acid groups (broad SMARTS) is 1. The van der Waals surface area contributed by atoms with Crippen LogP contribution in [0.2, 0.25) is 0 Å². The number of nitrogens with zero attached hydrogens (tertiary/aromatic N) is 2. The number of aromatic carboxylic acids is 1. The minimum atomic E-state index is -1.11. The van der Waals surface area contributed by atoms with Crippen LogP contribution in [0.25, 0.3) is 0 Å². The number of nitro benzene ring substituents is 1. The van der Waals surface area contributed by atoms with Gasteiger partial charge in [0.2, 0.25) is 0 Å². The second-order valence-corrected chi connectivity index (χ2v) is 4.63. The van der Waals surface area contributed by atoms with Crippen molar-refractivity contribution in [1.82, 2.24) is 4.98 Å². The zero-order valence-corrected chi connectivity index (χ0v) is 10.3. The van der Waals surface area contributed by atoms with Crippen LogP contribution in [0.3, 0.4) is 0 Å². The number of hydrogen-bond acceptors (Lipinski definition) is 5. The topological polar surface area (TPSA) is 93.3 Å².